The van der Waals surface area contributed by atoms with Crippen LogP contribution >= 0.6 is 0 Å². The topological polar surface area (TPSA) is 159 Å². The number of nitrogens with zero attached hydrogens (tertiary/aromatic N) is 5. The molecule has 37 heavy (non-hydrogen) atoms. The second kappa shape index (κ2) is 10.1. The molecule has 3 N–H and O–H groups in total. The van der Waals surface area contributed by atoms with Crippen LogP contribution in [0.15, 0.2) is 29.3 Å². The number of aryl methyl sites for hydroxylation is 1. The Balaban J connectivity index is 1.52. The summed E-state index contributed by atoms with van der Waals surface area (Å²) in [5, 5.41) is 6.89. The van der Waals surface area contributed by atoms with Crippen molar-refractivity contribution in [1.29, 1.82) is 0 Å². The quantitative estimate of drug-likeness (QED) is 0.304. The number of carbonyl (C=O) groups excluding carboxylic acids is 1. The lowest BCUT2D eigenvalue weighted by molar-refractivity contribution is 0.101. The third kappa shape index (κ3) is 5.33. The fourth-order valence-corrected chi connectivity index (χ4v) is 5.62. The standard InChI is InChI=1S/C24H29N7O5S/c1-15-18-13-27-24(28-20-7-6-17(12-26-20)30-10-8-25-9-11-30)29-22(18)31(16-4-2-3-5-16)23(33)21(15)19(32)14-37(34,35)36/h6-7,12-13,16,25H,2-5,8-11,14H2,1H3,(H,34,35,36)(H,26,27,28,29). The Morgan fingerprint density at radius 3 is 2.54 bits per heavy atom. The Labute approximate surface area is 213 Å². The van der Waals surface area contributed by atoms with E-state index in [1.54, 1.807) is 13.1 Å². The van der Waals surface area contributed by atoms with E-state index in [1.165, 1.54) is 10.8 Å². The molecule has 196 valence electrons. The summed E-state index contributed by atoms with van der Waals surface area (Å²) >= 11 is 0. The number of hydrogen-bond acceptors (Lipinski definition) is 10. The minimum atomic E-state index is -4.59. The molecule has 0 unspecified atom stereocenters. The summed E-state index contributed by atoms with van der Waals surface area (Å²) in [6, 6.07) is 3.65. The number of aromatic nitrogens is 4. The largest absolute Gasteiger partial charge is 0.368 e. The van der Waals surface area contributed by atoms with Gasteiger partial charge in [-0.2, -0.15) is 13.4 Å². The van der Waals surface area contributed by atoms with Crippen LogP contribution in [0.25, 0.3) is 11.0 Å². The Morgan fingerprint density at radius 2 is 1.89 bits per heavy atom. The van der Waals surface area contributed by atoms with Gasteiger partial charge in [0.25, 0.3) is 15.7 Å². The summed E-state index contributed by atoms with van der Waals surface area (Å²) in [6.45, 7) is 5.24. The molecule has 2 fully saturated rings. The maximum Gasteiger partial charge on any atom is 0.272 e. The molecular weight excluding hydrogens is 498 g/mol. The first-order valence-corrected chi connectivity index (χ1v) is 13.9. The number of pyridine rings is 2. The van der Waals surface area contributed by atoms with E-state index in [-0.39, 0.29) is 23.1 Å². The lowest BCUT2D eigenvalue weighted by Crippen LogP contribution is -2.43. The summed E-state index contributed by atoms with van der Waals surface area (Å²) in [6.07, 6.45) is 6.66. The fourth-order valence-electron chi connectivity index (χ4n) is 5.15. The maximum atomic E-state index is 13.5. The smallest absolute Gasteiger partial charge is 0.272 e. The summed E-state index contributed by atoms with van der Waals surface area (Å²) in [5.74, 6) is -1.31. The van der Waals surface area contributed by atoms with Crippen LogP contribution in [0.2, 0.25) is 0 Å². The van der Waals surface area contributed by atoms with E-state index in [0.29, 0.717) is 16.9 Å². The van der Waals surface area contributed by atoms with Crippen molar-refractivity contribution in [3.63, 3.8) is 0 Å². The molecule has 1 aliphatic carbocycles. The molecule has 5 rings (SSSR count). The van der Waals surface area contributed by atoms with Gasteiger partial charge in [0.05, 0.1) is 17.4 Å². The van der Waals surface area contributed by atoms with Crippen molar-refractivity contribution in [3.8, 4) is 0 Å². The first-order valence-electron chi connectivity index (χ1n) is 12.3. The number of rotatable bonds is 7. The van der Waals surface area contributed by atoms with Crippen molar-refractivity contribution < 1.29 is 17.8 Å². The van der Waals surface area contributed by atoms with E-state index in [1.807, 2.05) is 12.1 Å². The SMILES string of the molecule is Cc1c(C(=O)CS(=O)(=O)O)c(=O)n(C2CCCC2)c2nc(Nc3ccc(N4CCNCC4)cn3)ncc12. The van der Waals surface area contributed by atoms with E-state index in [0.717, 1.165) is 57.5 Å². The summed E-state index contributed by atoms with van der Waals surface area (Å²) in [5.41, 5.74) is 0.820. The lowest BCUT2D eigenvalue weighted by atomic mass is 10.0. The average molecular weight is 528 g/mol. The lowest BCUT2D eigenvalue weighted by Gasteiger charge is -2.29. The molecule has 1 saturated carbocycles. The van der Waals surface area contributed by atoms with Gasteiger partial charge in [0.1, 0.15) is 17.2 Å². The van der Waals surface area contributed by atoms with Crippen LogP contribution in [0.1, 0.15) is 47.6 Å². The molecule has 12 nitrogen and oxygen atoms in total. The Hall–Kier alpha value is -3.42. The molecule has 4 heterocycles. The molecule has 0 spiro atoms. The molecule has 1 aliphatic heterocycles. The van der Waals surface area contributed by atoms with Crippen LogP contribution in [0.5, 0.6) is 0 Å². The number of anilines is 3. The van der Waals surface area contributed by atoms with Gasteiger partial charge in [0, 0.05) is 43.8 Å². The normalized spacial score (nSPS) is 16.9. The Morgan fingerprint density at radius 1 is 1.16 bits per heavy atom. The van der Waals surface area contributed by atoms with Crippen molar-refractivity contribution in [2.75, 3.05) is 42.1 Å². The van der Waals surface area contributed by atoms with Gasteiger partial charge in [-0.1, -0.05) is 12.8 Å². The monoisotopic (exact) mass is 527 g/mol. The number of carbonyl (C=O) groups is 1. The van der Waals surface area contributed by atoms with Crippen LogP contribution in [-0.2, 0) is 10.1 Å². The van der Waals surface area contributed by atoms with Crippen molar-refractivity contribution in [3.05, 3.63) is 46.0 Å². The van der Waals surface area contributed by atoms with E-state index < -0.39 is 27.2 Å². The molecule has 1 saturated heterocycles. The second-order valence-electron chi connectivity index (χ2n) is 9.46. The van der Waals surface area contributed by atoms with E-state index in [4.69, 9.17) is 0 Å². The summed E-state index contributed by atoms with van der Waals surface area (Å²) < 4.78 is 33.4. The fraction of sp³-hybridized carbons (Fsp3) is 0.458. The second-order valence-corrected chi connectivity index (χ2v) is 10.9. The predicted molar refractivity (Wildman–Crippen MR) is 139 cm³/mol. The third-order valence-corrected chi connectivity index (χ3v) is 7.59. The third-order valence-electron chi connectivity index (χ3n) is 6.96. The molecule has 0 bridgehead atoms. The minimum absolute atomic E-state index is 0.174. The van der Waals surface area contributed by atoms with Crippen LogP contribution in [-0.4, -0.2) is 70.2 Å². The van der Waals surface area contributed by atoms with E-state index >= 15 is 0 Å². The zero-order valence-electron chi connectivity index (χ0n) is 20.5. The predicted octanol–water partition coefficient (Wildman–Crippen LogP) is 1.83. The molecule has 3 aromatic heterocycles. The van der Waals surface area contributed by atoms with Gasteiger partial charge < -0.3 is 15.5 Å². The summed E-state index contributed by atoms with van der Waals surface area (Å²) in [4.78, 5) is 42.0. The first-order chi connectivity index (χ1) is 17.7. The van der Waals surface area contributed by atoms with Gasteiger partial charge in [-0.25, -0.2) is 9.97 Å². The van der Waals surface area contributed by atoms with Gasteiger partial charge >= 0.3 is 0 Å². The van der Waals surface area contributed by atoms with Crippen molar-refractivity contribution in [2.45, 2.75) is 38.6 Å². The van der Waals surface area contributed by atoms with E-state index in [2.05, 4.69) is 30.5 Å². The van der Waals surface area contributed by atoms with Crippen molar-refractivity contribution in [1.82, 2.24) is 24.8 Å². The van der Waals surface area contributed by atoms with Gasteiger partial charge in [0.2, 0.25) is 5.95 Å². The van der Waals surface area contributed by atoms with Gasteiger partial charge in [-0.15, -0.1) is 0 Å². The number of nitrogens with one attached hydrogen (secondary N) is 2. The maximum absolute atomic E-state index is 13.5. The average Bonchev–Trinajstić information content (AvgIpc) is 3.38. The molecule has 0 radical (unpaired) electrons. The molecule has 13 heteroatoms. The highest BCUT2D eigenvalue weighted by Gasteiger charge is 2.28. The highest BCUT2D eigenvalue weighted by molar-refractivity contribution is 7.86. The molecule has 0 amide bonds. The molecule has 0 aromatic carbocycles. The van der Waals surface area contributed by atoms with Crippen LogP contribution in [0.3, 0.4) is 0 Å². The highest BCUT2D eigenvalue weighted by atomic mass is 32.2. The van der Waals surface area contributed by atoms with Gasteiger partial charge in [-0.3, -0.25) is 18.7 Å². The summed E-state index contributed by atoms with van der Waals surface area (Å²) in [7, 11) is -4.59. The van der Waals surface area contributed by atoms with Crippen molar-refractivity contribution in [2.24, 2.45) is 0 Å². The number of Topliss-reactive ketones (excluding diaryl/α,β-unsaturated/α-hetero) is 1. The molecule has 3 aromatic rings. The number of hydrogen-bond donors (Lipinski definition) is 3. The van der Waals surface area contributed by atoms with Crippen LogP contribution in [0, 0.1) is 6.92 Å². The van der Waals surface area contributed by atoms with Crippen LogP contribution in [0.4, 0.5) is 17.5 Å². The first kappa shape index (κ1) is 25.2. The van der Waals surface area contributed by atoms with Gasteiger partial charge in [-0.05, 0) is 37.5 Å². The number of piperazine rings is 1. The van der Waals surface area contributed by atoms with Gasteiger partial charge in [0.15, 0.2) is 5.78 Å². The number of fused-ring (bicyclic) bond motifs is 1. The zero-order valence-corrected chi connectivity index (χ0v) is 21.3. The Kier molecular flexibility index (Phi) is 6.92. The molecular formula is C24H29N7O5S. The number of ketones is 1. The minimum Gasteiger partial charge on any atom is -0.368 e. The Bertz CT molecular complexity index is 1490. The molecule has 0 atom stereocenters. The molecule has 2 aliphatic rings. The van der Waals surface area contributed by atoms with Crippen LogP contribution < -0.4 is 21.1 Å². The highest BCUT2D eigenvalue weighted by Crippen LogP contribution is 2.32. The van der Waals surface area contributed by atoms with Crippen molar-refractivity contribution >= 4 is 44.4 Å². The zero-order chi connectivity index (χ0) is 26.2. The van der Waals surface area contributed by atoms with E-state index in [9.17, 15) is 22.6 Å².